The van der Waals surface area contributed by atoms with Crippen LogP contribution in [0.25, 0.3) is 0 Å². The number of hydrogen-bond acceptors (Lipinski definition) is 2. The van der Waals surface area contributed by atoms with Crippen LogP contribution in [-0.2, 0) is 4.79 Å². The van der Waals surface area contributed by atoms with Crippen LogP contribution in [0.2, 0.25) is 0 Å². The highest BCUT2D eigenvalue weighted by Gasteiger charge is 2.51. The first-order valence-electron chi connectivity index (χ1n) is 6.08. The fourth-order valence-corrected chi connectivity index (χ4v) is 2.51. The maximum Gasteiger partial charge on any atom is 0.230 e. The number of nitrogens with zero attached hydrogens (tertiary/aromatic N) is 1. The van der Waals surface area contributed by atoms with Gasteiger partial charge in [0.1, 0.15) is 0 Å². The Morgan fingerprint density at radius 1 is 1.53 bits per heavy atom. The van der Waals surface area contributed by atoms with Gasteiger partial charge in [0.25, 0.3) is 0 Å². The molecular formula is C12H22N2O. The number of carbonyl (C=O) groups excluding carboxylic acids is 1. The molecule has 3 nitrogen and oxygen atoms in total. The standard InChI is InChI=1S/C12H22N2O/c1-9(2)10-3-6-14(7-10)11(15)12(8-13)4-5-12/h9-10H,3-8,13H2,1-2H3. The summed E-state index contributed by atoms with van der Waals surface area (Å²) in [7, 11) is 0. The highest BCUT2D eigenvalue weighted by molar-refractivity contribution is 5.85. The zero-order valence-corrected chi connectivity index (χ0v) is 9.83. The van der Waals surface area contributed by atoms with Crippen LogP contribution in [0.1, 0.15) is 33.1 Å². The monoisotopic (exact) mass is 210 g/mol. The minimum atomic E-state index is -0.147. The van der Waals surface area contributed by atoms with E-state index in [0.29, 0.717) is 24.3 Å². The lowest BCUT2D eigenvalue weighted by atomic mass is 9.95. The van der Waals surface area contributed by atoms with Crippen LogP contribution in [0.4, 0.5) is 0 Å². The van der Waals surface area contributed by atoms with Crippen molar-refractivity contribution in [3.63, 3.8) is 0 Å². The molecule has 1 unspecified atom stereocenters. The second kappa shape index (κ2) is 3.78. The van der Waals surface area contributed by atoms with Gasteiger partial charge in [-0.1, -0.05) is 13.8 Å². The van der Waals surface area contributed by atoms with Crippen molar-refractivity contribution in [3.05, 3.63) is 0 Å². The number of likely N-dealkylation sites (tertiary alicyclic amines) is 1. The molecule has 0 bridgehead atoms. The van der Waals surface area contributed by atoms with Gasteiger partial charge < -0.3 is 10.6 Å². The molecule has 1 saturated heterocycles. The molecule has 0 aromatic rings. The Morgan fingerprint density at radius 2 is 2.20 bits per heavy atom. The van der Waals surface area contributed by atoms with E-state index in [-0.39, 0.29) is 5.41 Å². The van der Waals surface area contributed by atoms with Gasteiger partial charge in [0.15, 0.2) is 0 Å². The molecule has 2 rings (SSSR count). The van der Waals surface area contributed by atoms with Crippen LogP contribution in [0.5, 0.6) is 0 Å². The maximum atomic E-state index is 12.2. The fourth-order valence-electron chi connectivity index (χ4n) is 2.51. The quantitative estimate of drug-likeness (QED) is 0.761. The minimum Gasteiger partial charge on any atom is -0.342 e. The highest BCUT2D eigenvalue weighted by atomic mass is 16.2. The first-order chi connectivity index (χ1) is 7.09. The van der Waals surface area contributed by atoms with Crippen molar-refractivity contribution < 1.29 is 4.79 Å². The molecule has 1 amide bonds. The Balaban J connectivity index is 1.94. The van der Waals surface area contributed by atoms with Gasteiger partial charge in [-0.2, -0.15) is 0 Å². The van der Waals surface area contributed by atoms with E-state index in [0.717, 1.165) is 25.9 Å². The molecule has 1 aliphatic heterocycles. The van der Waals surface area contributed by atoms with Crippen LogP contribution in [0, 0.1) is 17.3 Å². The van der Waals surface area contributed by atoms with Gasteiger partial charge in [-0.25, -0.2) is 0 Å². The highest BCUT2D eigenvalue weighted by Crippen LogP contribution is 2.47. The summed E-state index contributed by atoms with van der Waals surface area (Å²) in [5.41, 5.74) is 5.54. The van der Waals surface area contributed by atoms with Crippen molar-refractivity contribution in [1.29, 1.82) is 0 Å². The lowest BCUT2D eigenvalue weighted by molar-refractivity contribution is -0.135. The molecule has 0 radical (unpaired) electrons. The molecule has 2 fully saturated rings. The molecule has 0 spiro atoms. The predicted octanol–water partition coefficient (Wildman–Crippen LogP) is 1.23. The summed E-state index contributed by atoms with van der Waals surface area (Å²) in [5, 5.41) is 0. The lowest BCUT2D eigenvalue weighted by Gasteiger charge is -2.22. The van der Waals surface area contributed by atoms with Gasteiger partial charge in [-0.3, -0.25) is 4.79 Å². The molecule has 86 valence electrons. The third-order valence-electron chi connectivity index (χ3n) is 4.15. The normalized spacial score (nSPS) is 28.5. The largest absolute Gasteiger partial charge is 0.342 e. The van der Waals surface area contributed by atoms with Crippen molar-refractivity contribution in [1.82, 2.24) is 4.90 Å². The molecule has 1 aliphatic carbocycles. The van der Waals surface area contributed by atoms with Gasteiger partial charge in [0.05, 0.1) is 5.41 Å². The SMILES string of the molecule is CC(C)C1CCN(C(=O)C2(CN)CC2)C1. The first kappa shape index (κ1) is 10.9. The summed E-state index contributed by atoms with van der Waals surface area (Å²) in [4.78, 5) is 14.2. The molecule has 15 heavy (non-hydrogen) atoms. The summed E-state index contributed by atoms with van der Waals surface area (Å²) >= 11 is 0. The van der Waals surface area contributed by atoms with Crippen molar-refractivity contribution in [2.24, 2.45) is 23.0 Å². The van der Waals surface area contributed by atoms with Gasteiger partial charge in [0, 0.05) is 19.6 Å². The smallest absolute Gasteiger partial charge is 0.230 e. The van der Waals surface area contributed by atoms with Gasteiger partial charge >= 0.3 is 0 Å². The van der Waals surface area contributed by atoms with Gasteiger partial charge in [-0.15, -0.1) is 0 Å². The summed E-state index contributed by atoms with van der Waals surface area (Å²) < 4.78 is 0. The average Bonchev–Trinajstić information content (AvgIpc) is 2.86. The number of amides is 1. The predicted molar refractivity (Wildman–Crippen MR) is 60.2 cm³/mol. The second-order valence-electron chi connectivity index (χ2n) is 5.53. The summed E-state index contributed by atoms with van der Waals surface area (Å²) in [5.74, 6) is 1.71. The lowest BCUT2D eigenvalue weighted by Crippen LogP contribution is -2.39. The Bertz CT molecular complexity index is 258. The topological polar surface area (TPSA) is 46.3 Å². The van der Waals surface area contributed by atoms with Crippen molar-refractivity contribution in [2.75, 3.05) is 19.6 Å². The van der Waals surface area contributed by atoms with Crippen LogP contribution < -0.4 is 5.73 Å². The van der Waals surface area contributed by atoms with Crippen molar-refractivity contribution in [2.45, 2.75) is 33.1 Å². The molecule has 0 aromatic carbocycles. The zero-order valence-electron chi connectivity index (χ0n) is 9.83. The van der Waals surface area contributed by atoms with E-state index in [1.807, 2.05) is 4.90 Å². The van der Waals surface area contributed by atoms with Crippen LogP contribution in [0.3, 0.4) is 0 Å². The Morgan fingerprint density at radius 3 is 2.60 bits per heavy atom. The minimum absolute atomic E-state index is 0.147. The first-order valence-corrected chi connectivity index (χ1v) is 6.08. The molecule has 1 heterocycles. The molecule has 0 aromatic heterocycles. The molecule has 1 saturated carbocycles. The van der Waals surface area contributed by atoms with E-state index in [4.69, 9.17) is 5.73 Å². The van der Waals surface area contributed by atoms with E-state index in [1.54, 1.807) is 0 Å². The maximum absolute atomic E-state index is 12.2. The van der Waals surface area contributed by atoms with E-state index in [2.05, 4.69) is 13.8 Å². The Kier molecular flexibility index (Phi) is 2.75. The Labute approximate surface area is 92.0 Å². The summed E-state index contributed by atoms with van der Waals surface area (Å²) in [6.45, 7) is 6.93. The molecule has 2 N–H and O–H groups in total. The Hall–Kier alpha value is -0.570. The molecule has 1 atom stereocenters. The van der Waals surface area contributed by atoms with E-state index < -0.39 is 0 Å². The number of carbonyl (C=O) groups is 1. The van der Waals surface area contributed by atoms with Crippen molar-refractivity contribution in [3.8, 4) is 0 Å². The number of hydrogen-bond donors (Lipinski definition) is 1. The third-order valence-corrected chi connectivity index (χ3v) is 4.15. The molecular weight excluding hydrogens is 188 g/mol. The average molecular weight is 210 g/mol. The van der Waals surface area contributed by atoms with Gasteiger partial charge in [-0.05, 0) is 31.1 Å². The van der Waals surface area contributed by atoms with Crippen molar-refractivity contribution >= 4 is 5.91 Å². The van der Waals surface area contributed by atoms with Crippen LogP contribution >= 0.6 is 0 Å². The van der Waals surface area contributed by atoms with Gasteiger partial charge in [0.2, 0.25) is 5.91 Å². The molecule has 3 heteroatoms. The second-order valence-corrected chi connectivity index (χ2v) is 5.53. The van der Waals surface area contributed by atoms with E-state index >= 15 is 0 Å². The van der Waals surface area contributed by atoms with E-state index in [1.165, 1.54) is 6.42 Å². The third kappa shape index (κ3) is 1.89. The summed E-state index contributed by atoms with van der Waals surface area (Å²) in [6.07, 6.45) is 3.18. The van der Waals surface area contributed by atoms with E-state index in [9.17, 15) is 4.79 Å². The zero-order chi connectivity index (χ0) is 11.1. The van der Waals surface area contributed by atoms with Crippen LogP contribution in [-0.4, -0.2) is 30.4 Å². The van der Waals surface area contributed by atoms with Crippen LogP contribution in [0.15, 0.2) is 0 Å². The summed E-state index contributed by atoms with van der Waals surface area (Å²) in [6, 6.07) is 0. The number of rotatable bonds is 3. The molecule has 2 aliphatic rings. The number of nitrogens with two attached hydrogens (primary N) is 1. The fraction of sp³-hybridized carbons (Fsp3) is 0.917.